The van der Waals surface area contributed by atoms with Crippen molar-refractivity contribution >= 4 is 38.8 Å². The van der Waals surface area contributed by atoms with Crippen LogP contribution < -0.4 is 15.1 Å². The second kappa shape index (κ2) is 8.19. The highest BCUT2D eigenvalue weighted by Gasteiger charge is 2.27. The van der Waals surface area contributed by atoms with Gasteiger partial charge in [0, 0.05) is 55.7 Å². The molecule has 3 heterocycles. The third-order valence-corrected chi connectivity index (χ3v) is 6.25. The number of nitrogens with one attached hydrogen (secondary N) is 1. The molecular formula is C22H26N4OS. The maximum atomic E-state index is 12.8. The standard InChI is InChI=1S/C22H26N4OS/c1-25(2)18-7-5-16(6-8-18)14-24-22(27)17-4-3-12-26(15-17)21-19-10-13-28-20(19)9-11-23-21/h5-11,13,17H,3-4,12,14-15H2,1-2H3,(H,24,27). The first-order valence-electron chi connectivity index (χ1n) is 9.73. The second-order valence-corrected chi connectivity index (χ2v) is 8.48. The largest absolute Gasteiger partial charge is 0.378 e. The van der Waals surface area contributed by atoms with Crippen molar-refractivity contribution < 1.29 is 4.79 Å². The Morgan fingerprint density at radius 1 is 1.25 bits per heavy atom. The normalized spacial score (nSPS) is 16.9. The van der Waals surface area contributed by atoms with Crippen LogP contribution in [-0.2, 0) is 11.3 Å². The fraction of sp³-hybridized carbons (Fsp3) is 0.364. The molecule has 1 atom stereocenters. The van der Waals surface area contributed by atoms with E-state index in [9.17, 15) is 4.79 Å². The number of piperidine rings is 1. The number of fused-ring (bicyclic) bond motifs is 1. The molecular weight excluding hydrogens is 368 g/mol. The van der Waals surface area contributed by atoms with Gasteiger partial charge in [0.05, 0.1) is 5.92 Å². The summed E-state index contributed by atoms with van der Waals surface area (Å²) in [5.74, 6) is 1.15. The molecule has 3 aromatic rings. The zero-order valence-electron chi connectivity index (χ0n) is 16.4. The van der Waals surface area contributed by atoms with E-state index < -0.39 is 0 Å². The Hall–Kier alpha value is -2.60. The van der Waals surface area contributed by atoms with Crippen LogP contribution >= 0.6 is 11.3 Å². The Balaban J connectivity index is 1.39. The minimum Gasteiger partial charge on any atom is -0.378 e. The molecule has 1 fully saturated rings. The topological polar surface area (TPSA) is 48.5 Å². The van der Waals surface area contributed by atoms with Crippen LogP contribution in [0.2, 0.25) is 0 Å². The minimum atomic E-state index is 0.00508. The number of carbonyl (C=O) groups excluding carboxylic acids is 1. The highest BCUT2D eigenvalue weighted by Crippen LogP contribution is 2.31. The van der Waals surface area contributed by atoms with Gasteiger partial charge in [-0.3, -0.25) is 4.79 Å². The molecule has 1 N–H and O–H groups in total. The molecule has 1 saturated heterocycles. The summed E-state index contributed by atoms with van der Waals surface area (Å²) < 4.78 is 1.25. The molecule has 6 heteroatoms. The molecule has 1 amide bonds. The molecule has 2 aromatic heterocycles. The predicted molar refractivity (Wildman–Crippen MR) is 117 cm³/mol. The third-order valence-electron chi connectivity index (χ3n) is 5.37. The van der Waals surface area contributed by atoms with Gasteiger partial charge in [-0.15, -0.1) is 11.3 Å². The van der Waals surface area contributed by atoms with Gasteiger partial charge in [-0.1, -0.05) is 12.1 Å². The van der Waals surface area contributed by atoms with Crippen LogP contribution in [0.4, 0.5) is 11.5 Å². The van der Waals surface area contributed by atoms with Crippen molar-refractivity contribution in [2.24, 2.45) is 5.92 Å². The van der Waals surface area contributed by atoms with Crippen molar-refractivity contribution in [2.75, 3.05) is 37.0 Å². The molecule has 28 heavy (non-hydrogen) atoms. The molecule has 1 unspecified atom stereocenters. The van der Waals surface area contributed by atoms with Crippen molar-refractivity contribution in [3.8, 4) is 0 Å². The number of rotatable bonds is 5. The Bertz CT molecular complexity index is 951. The molecule has 0 bridgehead atoms. The summed E-state index contributed by atoms with van der Waals surface area (Å²) in [7, 11) is 4.05. The van der Waals surface area contributed by atoms with Crippen LogP contribution in [-0.4, -0.2) is 38.1 Å². The second-order valence-electron chi connectivity index (χ2n) is 7.53. The van der Waals surface area contributed by atoms with Crippen molar-refractivity contribution in [3.05, 3.63) is 53.5 Å². The number of hydrogen-bond donors (Lipinski definition) is 1. The lowest BCUT2D eigenvalue weighted by Crippen LogP contribution is -2.43. The lowest BCUT2D eigenvalue weighted by atomic mass is 9.96. The van der Waals surface area contributed by atoms with Crippen molar-refractivity contribution in [1.29, 1.82) is 0 Å². The van der Waals surface area contributed by atoms with Gasteiger partial charge in [0.1, 0.15) is 5.82 Å². The molecule has 4 rings (SSSR count). The highest BCUT2D eigenvalue weighted by molar-refractivity contribution is 7.17. The molecule has 0 radical (unpaired) electrons. The van der Waals surface area contributed by atoms with Crippen LogP contribution in [0.3, 0.4) is 0 Å². The number of hydrogen-bond acceptors (Lipinski definition) is 5. The van der Waals surface area contributed by atoms with Gasteiger partial charge in [0.2, 0.25) is 5.91 Å². The van der Waals surface area contributed by atoms with Crippen molar-refractivity contribution in [3.63, 3.8) is 0 Å². The molecule has 0 spiro atoms. The van der Waals surface area contributed by atoms with E-state index in [0.717, 1.165) is 43.0 Å². The molecule has 1 aromatic carbocycles. The van der Waals surface area contributed by atoms with Crippen LogP contribution in [0.1, 0.15) is 18.4 Å². The number of aromatic nitrogens is 1. The number of anilines is 2. The monoisotopic (exact) mass is 394 g/mol. The maximum Gasteiger partial charge on any atom is 0.225 e. The number of nitrogens with zero attached hydrogens (tertiary/aromatic N) is 3. The average Bonchev–Trinajstić information content (AvgIpc) is 3.21. The lowest BCUT2D eigenvalue weighted by Gasteiger charge is -2.33. The summed E-state index contributed by atoms with van der Waals surface area (Å²) in [5, 5.41) is 6.42. The summed E-state index contributed by atoms with van der Waals surface area (Å²) in [6, 6.07) is 12.5. The van der Waals surface area contributed by atoms with Gasteiger partial charge in [-0.25, -0.2) is 4.98 Å². The molecule has 146 valence electrons. The van der Waals surface area contributed by atoms with E-state index in [1.165, 1.54) is 10.1 Å². The number of amides is 1. The van der Waals surface area contributed by atoms with Crippen LogP contribution in [0.25, 0.3) is 10.1 Å². The van der Waals surface area contributed by atoms with Crippen molar-refractivity contribution in [1.82, 2.24) is 10.3 Å². The summed E-state index contributed by atoms with van der Waals surface area (Å²) in [4.78, 5) is 21.7. The average molecular weight is 395 g/mol. The van der Waals surface area contributed by atoms with Crippen LogP contribution in [0, 0.1) is 5.92 Å². The smallest absolute Gasteiger partial charge is 0.225 e. The summed E-state index contributed by atoms with van der Waals surface area (Å²) in [5.41, 5.74) is 2.28. The number of thiophene rings is 1. The number of benzene rings is 1. The zero-order valence-corrected chi connectivity index (χ0v) is 17.2. The van der Waals surface area contributed by atoms with Gasteiger partial charge >= 0.3 is 0 Å². The van der Waals surface area contributed by atoms with Gasteiger partial charge in [0.15, 0.2) is 0 Å². The molecule has 5 nitrogen and oxygen atoms in total. The first kappa shape index (κ1) is 18.7. The van der Waals surface area contributed by atoms with E-state index in [0.29, 0.717) is 6.54 Å². The fourth-order valence-electron chi connectivity index (χ4n) is 3.76. The molecule has 0 aliphatic carbocycles. The SMILES string of the molecule is CN(C)c1ccc(CNC(=O)C2CCCN(c3nccc4sccc34)C2)cc1. The number of pyridine rings is 1. The van der Waals surface area contributed by atoms with E-state index in [-0.39, 0.29) is 11.8 Å². The van der Waals surface area contributed by atoms with Crippen LogP contribution in [0.5, 0.6) is 0 Å². The van der Waals surface area contributed by atoms with E-state index in [1.807, 2.05) is 20.3 Å². The van der Waals surface area contributed by atoms with E-state index in [2.05, 4.69) is 61.9 Å². The Kier molecular flexibility index (Phi) is 5.48. The van der Waals surface area contributed by atoms with Gasteiger partial charge in [0.25, 0.3) is 0 Å². The first-order valence-corrected chi connectivity index (χ1v) is 10.6. The number of carbonyl (C=O) groups is 1. The zero-order chi connectivity index (χ0) is 19.5. The summed E-state index contributed by atoms with van der Waals surface area (Å²) in [6.45, 7) is 2.26. The van der Waals surface area contributed by atoms with E-state index in [4.69, 9.17) is 0 Å². The lowest BCUT2D eigenvalue weighted by molar-refractivity contribution is -0.125. The summed E-state index contributed by atoms with van der Waals surface area (Å²) in [6.07, 6.45) is 3.81. The fourth-order valence-corrected chi connectivity index (χ4v) is 4.54. The Labute approximate surface area is 170 Å². The van der Waals surface area contributed by atoms with Crippen molar-refractivity contribution in [2.45, 2.75) is 19.4 Å². The van der Waals surface area contributed by atoms with Gasteiger partial charge in [-0.2, -0.15) is 0 Å². The Morgan fingerprint density at radius 3 is 2.86 bits per heavy atom. The molecule has 1 aliphatic rings. The maximum absolute atomic E-state index is 12.8. The highest BCUT2D eigenvalue weighted by atomic mass is 32.1. The first-order chi connectivity index (χ1) is 13.6. The predicted octanol–water partition coefficient (Wildman–Crippen LogP) is 3.90. The third kappa shape index (κ3) is 3.97. The van der Waals surface area contributed by atoms with Gasteiger partial charge < -0.3 is 15.1 Å². The quantitative estimate of drug-likeness (QED) is 0.713. The van der Waals surface area contributed by atoms with E-state index >= 15 is 0 Å². The minimum absolute atomic E-state index is 0.00508. The molecule has 0 saturated carbocycles. The van der Waals surface area contributed by atoms with Crippen LogP contribution in [0.15, 0.2) is 48.0 Å². The Morgan fingerprint density at radius 2 is 2.07 bits per heavy atom. The van der Waals surface area contributed by atoms with Gasteiger partial charge in [-0.05, 0) is 48.1 Å². The van der Waals surface area contributed by atoms with E-state index in [1.54, 1.807) is 11.3 Å². The summed E-state index contributed by atoms with van der Waals surface area (Å²) >= 11 is 1.73. The molecule has 1 aliphatic heterocycles.